The number of H-pyrrole nitrogens is 1. The Labute approximate surface area is 120 Å². The first-order valence-corrected chi connectivity index (χ1v) is 6.33. The van der Waals surface area contributed by atoms with Crippen LogP contribution in [0.3, 0.4) is 0 Å². The summed E-state index contributed by atoms with van der Waals surface area (Å²) < 4.78 is 18.8. The topological polar surface area (TPSA) is 71.1 Å². The van der Waals surface area contributed by atoms with E-state index in [1.807, 2.05) is 13.8 Å². The van der Waals surface area contributed by atoms with E-state index in [0.29, 0.717) is 5.82 Å². The molecule has 2 aromatic rings. The van der Waals surface area contributed by atoms with Gasteiger partial charge in [0.15, 0.2) is 0 Å². The molecule has 20 heavy (non-hydrogen) atoms. The maximum absolute atomic E-state index is 13.8. The first-order chi connectivity index (χ1) is 9.45. The van der Waals surface area contributed by atoms with Gasteiger partial charge in [-0.2, -0.15) is 9.37 Å². The number of methoxy groups -OCH3 is 1. The number of pyridine rings is 1. The molecule has 0 bridgehead atoms. The summed E-state index contributed by atoms with van der Waals surface area (Å²) in [5.74, 6) is -0.563. The standard InChI is InChI=1S/C10H10ClFN4O2.C2H6/c1-16(2)7-4-6(13-10(11)14-7)5(12)8(17)15-9(4)18-3;1-2/h1-3H3,(H,15,17);1-2H3. The third kappa shape index (κ3) is 2.82. The number of hydrogen-bond donors (Lipinski definition) is 1. The summed E-state index contributed by atoms with van der Waals surface area (Å²) in [6.45, 7) is 4.00. The van der Waals surface area contributed by atoms with E-state index < -0.39 is 11.4 Å². The molecule has 2 rings (SSSR count). The molecule has 2 aromatic heterocycles. The van der Waals surface area contributed by atoms with E-state index in [9.17, 15) is 9.18 Å². The Kier molecular flexibility index (Phi) is 5.26. The van der Waals surface area contributed by atoms with E-state index >= 15 is 0 Å². The Morgan fingerprint density at radius 2 is 1.90 bits per heavy atom. The fourth-order valence-corrected chi connectivity index (χ4v) is 1.76. The Morgan fingerprint density at radius 3 is 2.40 bits per heavy atom. The molecule has 0 aliphatic heterocycles. The number of ether oxygens (including phenoxy) is 1. The fraction of sp³-hybridized carbons (Fsp3) is 0.417. The summed E-state index contributed by atoms with van der Waals surface area (Å²) in [7, 11) is 4.78. The van der Waals surface area contributed by atoms with Crippen LogP contribution in [0.2, 0.25) is 5.28 Å². The quantitative estimate of drug-likeness (QED) is 0.861. The molecule has 0 spiro atoms. The Balaban J connectivity index is 0.000000956. The lowest BCUT2D eigenvalue weighted by atomic mass is 10.2. The van der Waals surface area contributed by atoms with Crippen molar-refractivity contribution < 1.29 is 9.13 Å². The van der Waals surface area contributed by atoms with Gasteiger partial charge < -0.3 is 9.64 Å². The predicted molar refractivity (Wildman–Crippen MR) is 77.4 cm³/mol. The maximum atomic E-state index is 13.8. The molecule has 0 radical (unpaired) electrons. The summed E-state index contributed by atoms with van der Waals surface area (Å²) in [5.41, 5.74) is -1.09. The van der Waals surface area contributed by atoms with Crippen molar-refractivity contribution in [2.45, 2.75) is 13.8 Å². The van der Waals surface area contributed by atoms with Crippen molar-refractivity contribution in [2.24, 2.45) is 0 Å². The highest BCUT2D eigenvalue weighted by Gasteiger charge is 2.19. The first kappa shape index (κ1) is 16.2. The fourth-order valence-electron chi connectivity index (χ4n) is 1.59. The predicted octanol–water partition coefficient (Wildman–Crippen LogP) is 2.21. The lowest BCUT2D eigenvalue weighted by Gasteiger charge is -2.15. The number of fused-ring (bicyclic) bond motifs is 1. The van der Waals surface area contributed by atoms with E-state index in [4.69, 9.17) is 16.3 Å². The van der Waals surface area contributed by atoms with Crippen LogP contribution in [0.25, 0.3) is 10.9 Å². The highest BCUT2D eigenvalue weighted by molar-refractivity contribution is 6.28. The van der Waals surface area contributed by atoms with Crippen molar-refractivity contribution in [1.29, 1.82) is 0 Å². The smallest absolute Gasteiger partial charge is 0.289 e. The van der Waals surface area contributed by atoms with E-state index in [1.54, 1.807) is 19.0 Å². The van der Waals surface area contributed by atoms with Crippen molar-refractivity contribution in [3.8, 4) is 5.88 Å². The lowest BCUT2D eigenvalue weighted by molar-refractivity contribution is 0.400. The van der Waals surface area contributed by atoms with Gasteiger partial charge in [0.25, 0.3) is 5.56 Å². The Bertz CT molecular complexity index is 673. The molecule has 8 heteroatoms. The Hall–Kier alpha value is -1.89. The molecule has 0 saturated carbocycles. The molecule has 6 nitrogen and oxygen atoms in total. The number of aromatic amines is 1. The second-order valence-electron chi connectivity index (χ2n) is 3.74. The zero-order valence-corrected chi connectivity index (χ0v) is 12.7. The second-order valence-corrected chi connectivity index (χ2v) is 4.07. The van der Waals surface area contributed by atoms with Crippen LogP contribution in [0.4, 0.5) is 10.2 Å². The summed E-state index contributed by atoms with van der Waals surface area (Å²) in [6.07, 6.45) is 0. The number of rotatable bonds is 2. The molecule has 0 saturated heterocycles. The molecule has 1 N–H and O–H groups in total. The van der Waals surface area contributed by atoms with Crippen LogP contribution in [-0.2, 0) is 0 Å². The number of halogens is 2. The van der Waals surface area contributed by atoms with Crippen molar-refractivity contribution >= 4 is 28.3 Å². The molecule has 110 valence electrons. The van der Waals surface area contributed by atoms with E-state index in [-0.39, 0.29) is 22.1 Å². The number of hydrogen-bond acceptors (Lipinski definition) is 5. The molecule has 0 aliphatic carbocycles. The number of anilines is 1. The van der Waals surface area contributed by atoms with Crippen molar-refractivity contribution in [3.05, 3.63) is 21.5 Å². The molecule has 0 fully saturated rings. The van der Waals surface area contributed by atoms with Gasteiger partial charge in [-0.3, -0.25) is 9.78 Å². The minimum absolute atomic E-state index is 0.0942. The summed E-state index contributed by atoms with van der Waals surface area (Å²) in [4.78, 5) is 23.0. The maximum Gasteiger partial charge on any atom is 0.289 e. The largest absolute Gasteiger partial charge is 0.482 e. The number of nitrogens with zero attached hydrogens (tertiary/aromatic N) is 3. The molecule has 0 amide bonds. The average molecular weight is 303 g/mol. The lowest BCUT2D eigenvalue weighted by Crippen LogP contribution is -2.17. The SMILES string of the molecule is CC.COc1[nH]c(=O)c(F)c2nc(Cl)nc(N(C)C)c12. The van der Waals surface area contributed by atoms with E-state index in [2.05, 4.69) is 15.0 Å². The van der Waals surface area contributed by atoms with Gasteiger partial charge in [-0.15, -0.1) is 0 Å². The van der Waals surface area contributed by atoms with Gasteiger partial charge in [-0.25, -0.2) is 4.98 Å². The third-order valence-electron chi connectivity index (χ3n) is 2.35. The van der Waals surface area contributed by atoms with Crippen LogP contribution >= 0.6 is 11.6 Å². The van der Waals surface area contributed by atoms with Crippen LogP contribution in [0, 0.1) is 5.82 Å². The van der Waals surface area contributed by atoms with Crippen LogP contribution in [0.1, 0.15) is 13.8 Å². The number of nitrogens with one attached hydrogen (secondary N) is 1. The normalized spacial score (nSPS) is 9.95. The van der Waals surface area contributed by atoms with Gasteiger partial charge in [0, 0.05) is 14.1 Å². The molecule has 0 aliphatic rings. The van der Waals surface area contributed by atoms with E-state index in [0.717, 1.165) is 0 Å². The highest BCUT2D eigenvalue weighted by Crippen LogP contribution is 2.30. The molecular formula is C12H16ClFN4O2. The van der Waals surface area contributed by atoms with Crippen LogP contribution in [-0.4, -0.2) is 36.2 Å². The van der Waals surface area contributed by atoms with Crippen LogP contribution in [0.5, 0.6) is 5.88 Å². The van der Waals surface area contributed by atoms with Gasteiger partial charge in [0.1, 0.15) is 16.7 Å². The first-order valence-electron chi connectivity index (χ1n) is 5.96. The van der Waals surface area contributed by atoms with Gasteiger partial charge in [0.05, 0.1) is 7.11 Å². The minimum Gasteiger partial charge on any atom is -0.482 e. The highest BCUT2D eigenvalue weighted by atomic mass is 35.5. The van der Waals surface area contributed by atoms with Gasteiger partial charge >= 0.3 is 0 Å². The molecular weight excluding hydrogens is 287 g/mol. The zero-order chi connectivity index (χ0) is 15.4. The molecule has 0 aromatic carbocycles. The molecule has 2 heterocycles. The van der Waals surface area contributed by atoms with Crippen molar-refractivity contribution in [3.63, 3.8) is 0 Å². The average Bonchev–Trinajstić information content (AvgIpc) is 2.44. The van der Waals surface area contributed by atoms with Gasteiger partial charge in [0.2, 0.25) is 17.0 Å². The molecule has 0 unspecified atom stereocenters. The van der Waals surface area contributed by atoms with Crippen LogP contribution < -0.4 is 15.2 Å². The van der Waals surface area contributed by atoms with Crippen molar-refractivity contribution in [2.75, 3.05) is 26.1 Å². The van der Waals surface area contributed by atoms with Gasteiger partial charge in [-0.05, 0) is 11.6 Å². The van der Waals surface area contributed by atoms with Crippen LogP contribution in [0.15, 0.2) is 4.79 Å². The minimum atomic E-state index is -1.02. The zero-order valence-electron chi connectivity index (χ0n) is 11.9. The van der Waals surface area contributed by atoms with Gasteiger partial charge in [-0.1, -0.05) is 13.8 Å². The summed E-state index contributed by atoms with van der Waals surface area (Å²) in [5, 5.41) is 0.127. The Morgan fingerprint density at radius 1 is 1.30 bits per heavy atom. The third-order valence-corrected chi connectivity index (χ3v) is 2.52. The molecule has 0 atom stereocenters. The van der Waals surface area contributed by atoms with E-state index in [1.165, 1.54) is 7.11 Å². The van der Waals surface area contributed by atoms with Crippen molar-refractivity contribution in [1.82, 2.24) is 15.0 Å². The number of aromatic nitrogens is 3. The monoisotopic (exact) mass is 302 g/mol. The summed E-state index contributed by atoms with van der Waals surface area (Å²) >= 11 is 5.72. The summed E-state index contributed by atoms with van der Waals surface area (Å²) in [6, 6.07) is 0. The second kappa shape index (κ2) is 6.51.